The topological polar surface area (TPSA) is 43.3 Å². The molecule has 3 aromatic rings. The summed E-state index contributed by atoms with van der Waals surface area (Å²) in [6.07, 6.45) is 2.12. The highest BCUT2D eigenvalue weighted by Gasteiger charge is 2.13. The summed E-state index contributed by atoms with van der Waals surface area (Å²) in [5, 5.41) is 0. The van der Waals surface area contributed by atoms with Gasteiger partial charge in [-0.15, -0.1) is 0 Å². The molecule has 19 heavy (non-hydrogen) atoms. The largest absolute Gasteiger partial charge is 0.330 e. The van der Waals surface area contributed by atoms with Crippen LogP contribution in [0.3, 0.4) is 0 Å². The molecule has 0 aliphatic heterocycles. The maximum atomic E-state index is 13.4. The molecule has 0 bridgehead atoms. The molecule has 0 aliphatic carbocycles. The van der Waals surface area contributed by atoms with Crippen molar-refractivity contribution < 1.29 is 4.39 Å². The molecule has 3 rings (SSSR count). The van der Waals surface area contributed by atoms with E-state index < -0.39 is 0 Å². The molecule has 0 fully saturated rings. The van der Waals surface area contributed by atoms with Gasteiger partial charge in [-0.2, -0.15) is 0 Å². The molecule has 4 heteroatoms. The molecule has 2 N–H and O–H groups in total. The van der Waals surface area contributed by atoms with Crippen molar-refractivity contribution in [1.82, 2.24) is 9.38 Å². The quantitative estimate of drug-likeness (QED) is 0.781. The highest BCUT2D eigenvalue weighted by Crippen LogP contribution is 2.24. The monoisotopic (exact) mass is 255 g/mol. The second-order valence-corrected chi connectivity index (χ2v) is 4.39. The first-order chi connectivity index (χ1) is 9.29. The van der Waals surface area contributed by atoms with E-state index in [9.17, 15) is 4.39 Å². The van der Waals surface area contributed by atoms with Crippen molar-refractivity contribution in [3.63, 3.8) is 0 Å². The van der Waals surface area contributed by atoms with Crippen LogP contribution in [0.25, 0.3) is 16.9 Å². The third kappa shape index (κ3) is 2.11. The molecule has 0 saturated heterocycles. The summed E-state index contributed by atoms with van der Waals surface area (Å²) in [4.78, 5) is 4.58. The van der Waals surface area contributed by atoms with E-state index in [1.54, 1.807) is 10.5 Å². The van der Waals surface area contributed by atoms with Crippen molar-refractivity contribution >= 4 is 5.65 Å². The van der Waals surface area contributed by atoms with Gasteiger partial charge in [-0.1, -0.05) is 30.3 Å². The number of halogens is 1. The van der Waals surface area contributed by atoms with Crippen molar-refractivity contribution in [2.75, 3.05) is 6.54 Å². The summed E-state index contributed by atoms with van der Waals surface area (Å²) in [6, 6.07) is 13.0. The van der Waals surface area contributed by atoms with Crippen molar-refractivity contribution in [2.45, 2.75) is 6.42 Å². The third-order valence-electron chi connectivity index (χ3n) is 3.11. The summed E-state index contributed by atoms with van der Waals surface area (Å²) in [7, 11) is 0. The summed E-state index contributed by atoms with van der Waals surface area (Å²) in [5.74, 6) is -0.275. The number of fused-ring (bicyclic) bond motifs is 1. The molecule has 0 aliphatic rings. The minimum absolute atomic E-state index is 0.275. The van der Waals surface area contributed by atoms with E-state index >= 15 is 0 Å². The average molecular weight is 255 g/mol. The van der Waals surface area contributed by atoms with Crippen molar-refractivity contribution in [1.29, 1.82) is 0 Å². The smallest absolute Gasteiger partial charge is 0.139 e. The second kappa shape index (κ2) is 4.82. The van der Waals surface area contributed by atoms with E-state index in [1.807, 2.05) is 30.3 Å². The van der Waals surface area contributed by atoms with Crippen molar-refractivity contribution in [3.8, 4) is 11.3 Å². The molecule has 0 spiro atoms. The first-order valence-corrected chi connectivity index (χ1v) is 6.21. The van der Waals surface area contributed by atoms with Gasteiger partial charge in [-0.25, -0.2) is 9.37 Å². The van der Waals surface area contributed by atoms with Crippen LogP contribution in [0.15, 0.2) is 48.7 Å². The fraction of sp³-hybridized carbons (Fsp3) is 0.133. The molecule has 0 atom stereocenters. The molecular formula is C15H14FN3. The minimum Gasteiger partial charge on any atom is -0.330 e. The standard InChI is InChI=1S/C15H14FN3/c16-12-6-7-14-18-15(11-4-2-1-3-5-11)13(8-9-17)19(14)10-12/h1-7,10H,8-9,17H2. The lowest BCUT2D eigenvalue weighted by molar-refractivity contribution is 0.617. The number of rotatable bonds is 3. The van der Waals surface area contributed by atoms with E-state index in [4.69, 9.17) is 5.73 Å². The third-order valence-corrected chi connectivity index (χ3v) is 3.11. The first-order valence-electron chi connectivity index (χ1n) is 6.21. The molecule has 0 radical (unpaired) electrons. The molecule has 1 aromatic carbocycles. The van der Waals surface area contributed by atoms with Crippen LogP contribution < -0.4 is 5.73 Å². The van der Waals surface area contributed by atoms with Crippen LogP contribution >= 0.6 is 0 Å². The number of hydrogen-bond donors (Lipinski definition) is 1. The Morgan fingerprint density at radius 2 is 1.89 bits per heavy atom. The van der Waals surface area contributed by atoms with Gasteiger partial charge in [0.25, 0.3) is 0 Å². The van der Waals surface area contributed by atoms with E-state index in [-0.39, 0.29) is 5.82 Å². The van der Waals surface area contributed by atoms with Gasteiger partial charge in [0.1, 0.15) is 11.5 Å². The van der Waals surface area contributed by atoms with Gasteiger partial charge in [-0.05, 0) is 18.7 Å². The minimum atomic E-state index is -0.275. The average Bonchev–Trinajstić information content (AvgIpc) is 2.79. The Morgan fingerprint density at radius 3 is 2.63 bits per heavy atom. The molecule has 3 nitrogen and oxygen atoms in total. The highest BCUT2D eigenvalue weighted by molar-refractivity contribution is 5.66. The fourth-order valence-corrected chi connectivity index (χ4v) is 2.27. The van der Waals surface area contributed by atoms with Gasteiger partial charge in [-0.3, -0.25) is 0 Å². The molecule has 2 aromatic heterocycles. The molecule has 0 amide bonds. The lowest BCUT2D eigenvalue weighted by Crippen LogP contribution is -2.06. The number of nitrogens with zero attached hydrogens (tertiary/aromatic N) is 2. The molecule has 0 saturated carbocycles. The Kier molecular flexibility index (Phi) is 3.01. The van der Waals surface area contributed by atoms with Crippen molar-refractivity contribution in [3.05, 3.63) is 60.2 Å². The van der Waals surface area contributed by atoms with Crippen LogP contribution in [-0.2, 0) is 6.42 Å². The summed E-state index contributed by atoms with van der Waals surface area (Å²) in [6.45, 7) is 0.504. The number of benzene rings is 1. The predicted molar refractivity (Wildman–Crippen MR) is 73.3 cm³/mol. The van der Waals surface area contributed by atoms with Crippen LogP contribution in [0.4, 0.5) is 4.39 Å². The number of nitrogens with two attached hydrogens (primary N) is 1. The molecule has 96 valence electrons. The Balaban J connectivity index is 2.26. The van der Waals surface area contributed by atoms with Crippen molar-refractivity contribution in [2.24, 2.45) is 5.73 Å². The van der Waals surface area contributed by atoms with E-state index in [1.165, 1.54) is 12.3 Å². The molecule has 2 heterocycles. The normalized spacial score (nSPS) is 11.1. The fourth-order valence-electron chi connectivity index (χ4n) is 2.27. The number of hydrogen-bond acceptors (Lipinski definition) is 2. The Morgan fingerprint density at radius 1 is 1.11 bits per heavy atom. The zero-order chi connectivity index (χ0) is 13.2. The summed E-state index contributed by atoms with van der Waals surface area (Å²) >= 11 is 0. The number of pyridine rings is 1. The van der Waals surface area contributed by atoms with Crippen LogP contribution in [0.2, 0.25) is 0 Å². The van der Waals surface area contributed by atoms with Crippen LogP contribution in [-0.4, -0.2) is 15.9 Å². The molecular weight excluding hydrogens is 241 g/mol. The predicted octanol–water partition coefficient (Wildman–Crippen LogP) is 2.64. The number of aromatic nitrogens is 2. The van der Waals surface area contributed by atoms with E-state index in [0.29, 0.717) is 13.0 Å². The number of imidazole rings is 1. The van der Waals surface area contributed by atoms with Gasteiger partial charge in [0.2, 0.25) is 0 Å². The van der Waals surface area contributed by atoms with E-state index in [0.717, 1.165) is 22.6 Å². The first kappa shape index (κ1) is 11.9. The second-order valence-electron chi connectivity index (χ2n) is 4.39. The Bertz CT molecular complexity index is 704. The lowest BCUT2D eigenvalue weighted by Gasteiger charge is -2.03. The summed E-state index contributed by atoms with van der Waals surface area (Å²) < 4.78 is 15.2. The van der Waals surface area contributed by atoms with Gasteiger partial charge >= 0.3 is 0 Å². The Labute approximate surface area is 110 Å². The van der Waals surface area contributed by atoms with Gasteiger partial charge in [0.15, 0.2) is 0 Å². The van der Waals surface area contributed by atoms with Gasteiger partial charge < -0.3 is 10.1 Å². The zero-order valence-electron chi connectivity index (χ0n) is 10.4. The zero-order valence-corrected chi connectivity index (χ0v) is 10.4. The van der Waals surface area contributed by atoms with E-state index in [2.05, 4.69) is 4.98 Å². The highest BCUT2D eigenvalue weighted by atomic mass is 19.1. The maximum Gasteiger partial charge on any atom is 0.139 e. The maximum absolute atomic E-state index is 13.4. The van der Waals surface area contributed by atoms with Crippen LogP contribution in [0.1, 0.15) is 5.69 Å². The van der Waals surface area contributed by atoms with Crippen LogP contribution in [0.5, 0.6) is 0 Å². The van der Waals surface area contributed by atoms with Gasteiger partial charge in [0, 0.05) is 18.2 Å². The lowest BCUT2D eigenvalue weighted by atomic mass is 10.1. The summed E-state index contributed by atoms with van der Waals surface area (Å²) in [5.41, 5.74) is 9.24. The SMILES string of the molecule is NCCc1c(-c2ccccc2)nc2ccc(F)cn12. The van der Waals surface area contributed by atoms with Crippen LogP contribution in [0, 0.1) is 5.82 Å². The molecule has 0 unspecified atom stereocenters. The Hall–Kier alpha value is -2.20. The van der Waals surface area contributed by atoms with Gasteiger partial charge in [0.05, 0.1) is 11.4 Å².